The van der Waals surface area contributed by atoms with Crippen molar-refractivity contribution < 1.29 is 19.6 Å². The molecule has 2 rings (SSSR count). The fraction of sp³-hybridized carbons (Fsp3) is 0.529. The van der Waals surface area contributed by atoms with Gasteiger partial charge in [0.25, 0.3) is 5.69 Å². The fourth-order valence-electron chi connectivity index (χ4n) is 3.14. The summed E-state index contributed by atoms with van der Waals surface area (Å²) in [6.07, 6.45) is 4.62. The standard InChI is InChI=1S/C17H22N2O5/c20-16(10-9-12-5-4-6-13(11-12)19(23)24)18-15-8-3-1-2-7-14(15)17(21)22/h4-6,11,14-15H,1-3,7-10H2,(H,18,20)(H,21,22)/t14-,15+/m1/s1. The van der Waals surface area contributed by atoms with Crippen molar-refractivity contribution in [3.05, 3.63) is 39.9 Å². The van der Waals surface area contributed by atoms with Gasteiger partial charge in [0.15, 0.2) is 0 Å². The Kier molecular flexibility index (Phi) is 6.28. The summed E-state index contributed by atoms with van der Waals surface area (Å²) in [5, 5.41) is 22.9. The molecule has 7 nitrogen and oxygen atoms in total. The Labute approximate surface area is 140 Å². The summed E-state index contributed by atoms with van der Waals surface area (Å²) in [6, 6.07) is 5.87. The first-order valence-electron chi connectivity index (χ1n) is 8.23. The zero-order valence-corrected chi connectivity index (χ0v) is 13.4. The van der Waals surface area contributed by atoms with E-state index in [0.717, 1.165) is 24.8 Å². The number of carbonyl (C=O) groups is 2. The number of rotatable bonds is 6. The van der Waals surface area contributed by atoms with Gasteiger partial charge in [-0.3, -0.25) is 19.7 Å². The van der Waals surface area contributed by atoms with E-state index in [0.29, 0.717) is 19.3 Å². The first-order valence-corrected chi connectivity index (χ1v) is 8.23. The van der Waals surface area contributed by atoms with Crippen LogP contribution in [0, 0.1) is 16.0 Å². The lowest BCUT2D eigenvalue weighted by molar-refractivity contribution is -0.384. The van der Waals surface area contributed by atoms with E-state index in [4.69, 9.17) is 0 Å². The van der Waals surface area contributed by atoms with Gasteiger partial charge in [0.1, 0.15) is 0 Å². The summed E-state index contributed by atoms with van der Waals surface area (Å²) >= 11 is 0. The highest BCUT2D eigenvalue weighted by Crippen LogP contribution is 2.24. The average molecular weight is 334 g/mol. The van der Waals surface area contributed by atoms with Crippen LogP contribution in [0.3, 0.4) is 0 Å². The Morgan fingerprint density at radius 3 is 2.71 bits per heavy atom. The van der Waals surface area contributed by atoms with E-state index in [1.54, 1.807) is 12.1 Å². The van der Waals surface area contributed by atoms with E-state index in [1.807, 2.05) is 0 Å². The van der Waals surface area contributed by atoms with Crippen molar-refractivity contribution in [3.63, 3.8) is 0 Å². The van der Waals surface area contributed by atoms with Gasteiger partial charge in [0.2, 0.25) is 5.91 Å². The van der Waals surface area contributed by atoms with Crippen LogP contribution in [-0.4, -0.2) is 27.9 Å². The molecule has 1 aromatic rings. The quantitative estimate of drug-likeness (QED) is 0.472. The largest absolute Gasteiger partial charge is 0.481 e. The fourth-order valence-corrected chi connectivity index (χ4v) is 3.14. The lowest BCUT2D eigenvalue weighted by Gasteiger charge is -2.22. The summed E-state index contributed by atoms with van der Waals surface area (Å²) in [7, 11) is 0. The van der Waals surface area contributed by atoms with Gasteiger partial charge in [-0.1, -0.05) is 31.4 Å². The van der Waals surface area contributed by atoms with Crippen LogP contribution in [-0.2, 0) is 16.0 Å². The third kappa shape index (κ3) is 5.04. The molecule has 0 aromatic heterocycles. The van der Waals surface area contributed by atoms with Crippen LogP contribution in [0.1, 0.15) is 44.1 Å². The summed E-state index contributed by atoms with van der Waals surface area (Å²) < 4.78 is 0. The van der Waals surface area contributed by atoms with Crippen molar-refractivity contribution in [3.8, 4) is 0 Å². The summed E-state index contributed by atoms with van der Waals surface area (Å²) in [5.41, 5.74) is 0.720. The van der Waals surface area contributed by atoms with Gasteiger partial charge >= 0.3 is 5.97 Å². The van der Waals surface area contributed by atoms with Crippen molar-refractivity contribution in [2.24, 2.45) is 5.92 Å². The normalized spacial score (nSPS) is 20.8. The molecule has 1 fully saturated rings. The van der Waals surface area contributed by atoms with E-state index in [2.05, 4.69) is 5.32 Å². The molecule has 0 bridgehead atoms. The molecular weight excluding hydrogens is 312 g/mol. The van der Waals surface area contributed by atoms with Crippen LogP contribution >= 0.6 is 0 Å². The molecule has 24 heavy (non-hydrogen) atoms. The average Bonchev–Trinajstić information content (AvgIpc) is 2.78. The van der Waals surface area contributed by atoms with E-state index in [1.165, 1.54) is 12.1 Å². The van der Waals surface area contributed by atoms with Gasteiger partial charge < -0.3 is 10.4 Å². The maximum Gasteiger partial charge on any atom is 0.308 e. The van der Waals surface area contributed by atoms with E-state index >= 15 is 0 Å². The topological polar surface area (TPSA) is 110 Å². The monoisotopic (exact) mass is 334 g/mol. The second kappa shape index (κ2) is 8.42. The number of amides is 1. The Balaban J connectivity index is 1.91. The van der Waals surface area contributed by atoms with Gasteiger partial charge in [-0.2, -0.15) is 0 Å². The van der Waals surface area contributed by atoms with Crippen molar-refractivity contribution in [2.75, 3.05) is 0 Å². The number of carboxylic acids is 1. The molecule has 2 N–H and O–H groups in total. The molecule has 1 aromatic carbocycles. The van der Waals surface area contributed by atoms with Crippen LogP contribution in [0.25, 0.3) is 0 Å². The van der Waals surface area contributed by atoms with Gasteiger partial charge in [0, 0.05) is 24.6 Å². The number of aryl methyl sites for hydroxylation is 1. The first kappa shape index (κ1) is 17.9. The van der Waals surface area contributed by atoms with Crippen molar-refractivity contribution >= 4 is 17.6 Å². The minimum Gasteiger partial charge on any atom is -0.481 e. The molecule has 1 aliphatic carbocycles. The lowest BCUT2D eigenvalue weighted by atomic mass is 9.94. The van der Waals surface area contributed by atoms with Gasteiger partial charge in [-0.15, -0.1) is 0 Å². The molecule has 7 heteroatoms. The van der Waals surface area contributed by atoms with E-state index in [-0.39, 0.29) is 24.1 Å². The maximum atomic E-state index is 12.1. The summed E-state index contributed by atoms with van der Waals surface area (Å²) in [4.78, 5) is 33.8. The number of non-ortho nitro benzene ring substituents is 1. The molecule has 130 valence electrons. The molecule has 2 atom stereocenters. The zero-order chi connectivity index (χ0) is 17.5. The third-order valence-corrected chi connectivity index (χ3v) is 4.44. The molecule has 0 aliphatic heterocycles. The van der Waals surface area contributed by atoms with Gasteiger partial charge in [-0.05, 0) is 24.8 Å². The van der Waals surface area contributed by atoms with Gasteiger partial charge in [-0.25, -0.2) is 0 Å². The number of nitro benzene ring substituents is 1. The Morgan fingerprint density at radius 2 is 2.00 bits per heavy atom. The predicted octanol–water partition coefficient (Wildman–Crippen LogP) is 2.68. The van der Waals surface area contributed by atoms with Crippen molar-refractivity contribution in [1.29, 1.82) is 0 Å². The number of nitrogens with one attached hydrogen (secondary N) is 1. The molecule has 0 saturated heterocycles. The van der Waals surface area contributed by atoms with Gasteiger partial charge in [0.05, 0.1) is 10.8 Å². The Morgan fingerprint density at radius 1 is 1.25 bits per heavy atom. The number of carboxylic acid groups (broad SMARTS) is 1. The first-order chi connectivity index (χ1) is 11.5. The lowest BCUT2D eigenvalue weighted by Crippen LogP contribution is -2.42. The minimum absolute atomic E-state index is 0.00242. The molecule has 0 radical (unpaired) electrons. The zero-order valence-electron chi connectivity index (χ0n) is 13.4. The highest BCUT2D eigenvalue weighted by molar-refractivity contribution is 5.78. The smallest absolute Gasteiger partial charge is 0.308 e. The molecular formula is C17H22N2O5. The van der Waals surface area contributed by atoms with Crippen LogP contribution in [0.5, 0.6) is 0 Å². The molecule has 1 saturated carbocycles. The highest BCUT2D eigenvalue weighted by Gasteiger charge is 2.30. The number of carbonyl (C=O) groups excluding carboxylic acids is 1. The van der Waals surface area contributed by atoms with Crippen molar-refractivity contribution in [2.45, 2.75) is 51.0 Å². The van der Waals surface area contributed by atoms with Crippen LogP contribution in [0.4, 0.5) is 5.69 Å². The molecule has 1 aliphatic rings. The molecule has 0 heterocycles. The highest BCUT2D eigenvalue weighted by atomic mass is 16.6. The van der Waals surface area contributed by atoms with Crippen LogP contribution in [0.15, 0.2) is 24.3 Å². The number of hydrogen-bond acceptors (Lipinski definition) is 4. The summed E-state index contributed by atoms with van der Waals surface area (Å²) in [5.74, 6) is -1.60. The number of nitro groups is 1. The minimum atomic E-state index is -0.860. The van der Waals surface area contributed by atoms with Crippen LogP contribution < -0.4 is 5.32 Å². The van der Waals surface area contributed by atoms with E-state index < -0.39 is 16.8 Å². The SMILES string of the molecule is O=C(CCc1cccc([N+](=O)[O-])c1)N[C@H]1CCCCC[C@H]1C(=O)O. The Bertz CT molecular complexity index is 617. The molecule has 1 amide bonds. The van der Waals surface area contributed by atoms with E-state index in [9.17, 15) is 24.8 Å². The molecule has 0 unspecified atom stereocenters. The third-order valence-electron chi connectivity index (χ3n) is 4.44. The Hall–Kier alpha value is -2.44. The molecule has 0 spiro atoms. The number of nitrogens with zero attached hydrogens (tertiary/aromatic N) is 1. The van der Waals surface area contributed by atoms with Crippen LogP contribution in [0.2, 0.25) is 0 Å². The second-order valence-corrected chi connectivity index (χ2v) is 6.18. The van der Waals surface area contributed by atoms with Crippen molar-refractivity contribution in [1.82, 2.24) is 5.32 Å². The second-order valence-electron chi connectivity index (χ2n) is 6.18. The summed E-state index contributed by atoms with van der Waals surface area (Å²) in [6.45, 7) is 0. The predicted molar refractivity (Wildman–Crippen MR) is 87.6 cm³/mol. The maximum absolute atomic E-state index is 12.1. The number of hydrogen-bond donors (Lipinski definition) is 2. The number of benzene rings is 1. The number of aliphatic carboxylic acids is 1.